The summed E-state index contributed by atoms with van der Waals surface area (Å²) in [5.41, 5.74) is 7.87. The van der Waals surface area contributed by atoms with Gasteiger partial charge < -0.3 is 16.0 Å². The van der Waals surface area contributed by atoms with Crippen LogP contribution in [0.15, 0.2) is 41.3 Å². The molecule has 3 aromatic heterocycles. The number of carbonyl (C=O) groups excluding carboxylic acids is 2. The number of nitrogens with two attached hydrogens (primary N) is 1. The molecule has 0 aliphatic heterocycles. The average Bonchev–Trinajstić information content (AvgIpc) is 3.50. The monoisotopic (exact) mass is 480 g/mol. The Balaban J connectivity index is 1.16. The number of thiophene rings is 1. The topological polar surface area (TPSA) is 136 Å². The van der Waals surface area contributed by atoms with Crippen LogP contribution in [0.4, 0.5) is 5.69 Å². The summed E-state index contributed by atoms with van der Waals surface area (Å²) in [5.74, 6) is 0.520. The molecular weight excluding hydrogens is 460 g/mol. The third kappa shape index (κ3) is 4.41. The zero-order valence-electron chi connectivity index (χ0n) is 17.5. The highest BCUT2D eigenvalue weighted by Gasteiger charge is 2.21. The van der Waals surface area contributed by atoms with Gasteiger partial charge in [-0.2, -0.15) is 5.10 Å². The fourth-order valence-electron chi connectivity index (χ4n) is 3.85. The molecule has 1 aliphatic carbocycles. The van der Waals surface area contributed by atoms with E-state index in [-0.39, 0.29) is 22.9 Å². The Morgan fingerprint density at radius 3 is 2.79 bits per heavy atom. The number of aromatic amines is 1. The van der Waals surface area contributed by atoms with Crippen LogP contribution >= 0.6 is 23.1 Å². The number of amides is 2. The number of anilines is 1. The van der Waals surface area contributed by atoms with Crippen molar-refractivity contribution < 1.29 is 9.59 Å². The van der Waals surface area contributed by atoms with E-state index in [1.54, 1.807) is 47.9 Å². The van der Waals surface area contributed by atoms with Crippen LogP contribution in [0.1, 0.15) is 33.2 Å². The molecule has 0 spiro atoms. The van der Waals surface area contributed by atoms with Crippen LogP contribution in [0.3, 0.4) is 0 Å². The SMILES string of the molecule is NC(=O)c1ccn(-c2ccc(NC(=O)CSCc3nc4sc5c(c4c(=O)[nH]3)CCC5)cc2)n1. The van der Waals surface area contributed by atoms with Crippen molar-refractivity contribution in [2.45, 2.75) is 25.0 Å². The lowest BCUT2D eigenvalue weighted by molar-refractivity contribution is -0.113. The van der Waals surface area contributed by atoms with E-state index in [2.05, 4.69) is 20.4 Å². The van der Waals surface area contributed by atoms with Crippen molar-refractivity contribution in [3.8, 4) is 5.69 Å². The van der Waals surface area contributed by atoms with E-state index in [0.717, 1.165) is 40.7 Å². The molecule has 168 valence electrons. The standard InChI is InChI=1S/C22H20N6O3S2/c23-20(30)15-8-9-28(27-15)13-6-4-12(5-7-13)24-18(29)11-32-10-17-25-21(31)19-14-2-1-3-16(14)33-22(19)26-17/h4-9H,1-3,10-11H2,(H2,23,30)(H,24,29)(H,25,26,31). The zero-order chi connectivity index (χ0) is 22.9. The van der Waals surface area contributed by atoms with Crippen molar-refractivity contribution in [2.75, 3.05) is 11.1 Å². The number of carbonyl (C=O) groups is 2. The van der Waals surface area contributed by atoms with Gasteiger partial charge >= 0.3 is 0 Å². The van der Waals surface area contributed by atoms with Crippen molar-refractivity contribution >= 4 is 50.8 Å². The lowest BCUT2D eigenvalue weighted by Crippen LogP contribution is -2.15. The molecule has 33 heavy (non-hydrogen) atoms. The van der Waals surface area contributed by atoms with Crippen LogP contribution < -0.4 is 16.6 Å². The number of aryl methyl sites for hydroxylation is 2. The first kappa shape index (κ1) is 21.4. The second-order valence-corrected chi connectivity index (χ2v) is 9.72. The summed E-state index contributed by atoms with van der Waals surface area (Å²) in [6.45, 7) is 0. The summed E-state index contributed by atoms with van der Waals surface area (Å²) in [6.07, 6.45) is 4.72. The predicted octanol–water partition coefficient (Wildman–Crippen LogP) is 2.63. The minimum Gasteiger partial charge on any atom is -0.364 e. The summed E-state index contributed by atoms with van der Waals surface area (Å²) in [4.78, 5) is 45.6. The molecule has 0 saturated heterocycles. The number of nitrogens with zero attached hydrogens (tertiary/aromatic N) is 3. The van der Waals surface area contributed by atoms with Gasteiger partial charge in [0.1, 0.15) is 16.3 Å². The molecule has 1 aromatic carbocycles. The molecule has 5 rings (SSSR count). The largest absolute Gasteiger partial charge is 0.364 e. The summed E-state index contributed by atoms with van der Waals surface area (Å²) in [5, 5.41) is 7.68. The Hall–Kier alpha value is -3.44. The number of H-pyrrole nitrogens is 1. The van der Waals surface area contributed by atoms with Crippen LogP contribution in [0.25, 0.3) is 15.9 Å². The Bertz CT molecular complexity index is 1420. The molecule has 0 bridgehead atoms. The molecule has 2 amide bonds. The second-order valence-electron chi connectivity index (χ2n) is 7.65. The van der Waals surface area contributed by atoms with Crippen LogP contribution in [-0.4, -0.2) is 37.3 Å². The van der Waals surface area contributed by atoms with Crippen LogP contribution in [0, 0.1) is 0 Å². The van der Waals surface area contributed by atoms with Gasteiger partial charge in [0.15, 0.2) is 0 Å². The Morgan fingerprint density at radius 1 is 1.21 bits per heavy atom. The number of thioether (sulfide) groups is 1. The Morgan fingerprint density at radius 2 is 2.03 bits per heavy atom. The molecule has 0 unspecified atom stereocenters. The van der Waals surface area contributed by atoms with Crippen molar-refractivity contribution in [2.24, 2.45) is 5.73 Å². The minimum atomic E-state index is -0.589. The van der Waals surface area contributed by atoms with Gasteiger partial charge in [-0.15, -0.1) is 23.1 Å². The van der Waals surface area contributed by atoms with Gasteiger partial charge in [-0.05, 0) is 55.2 Å². The summed E-state index contributed by atoms with van der Waals surface area (Å²) in [7, 11) is 0. The maximum Gasteiger partial charge on any atom is 0.269 e. The first-order chi connectivity index (χ1) is 16.0. The third-order valence-electron chi connectivity index (χ3n) is 5.35. The fraction of sp³-hybridized carbons (Fsp3) is 0.227. The third-order valence-corrected chi connectivity index (χ3v) is 7.48. The Kier molecular flexibility index (Phi) is 5.73. The number of aromatic nitrogens is 4. The number of benzene rings is 1. The lowest BCUT2D eigenvalue weighted by atomic mass is 10.2. The minimum absolute atomic E-state index is 0.0836. The predicted molar refractivity (Wildman–Crippen MR) is 129 cm³/mol. The smallest absolute Gasteiger partial charge is 0.269 e. The second kappa shape index (κ2) is 8.83. The van der Waals surface area contributed by atoms with Gasteiger partial charge in [0.25, 0.3) is 11.5 Å². The van der Waals surface area contributed by atoms with Crippen LogP contribution in [0.2, 0.25) is 0 Å². The number of hydrogen-bond donors (Lipinski definition) is 3. The molecular formula is C22H20N6O3S2. The maximum atomic E-state index is 12.5. The molecule has 0 radical (unpaired) electrons. The van der Waals surface area contributed by atoms with E-state index in [1.807, 2.05) is 0 Å². The van der Waals surface area contributed by atoms with Crippen molar-refractivity contribution in [3.63, 3.8) is 0 Å². The highest BCUT2D eigenvalue weighted by molar-refractivity contribution is 7.99. The van der Waals surface area contributed by atoms with Gasteiger partial charge in [-0.25, -0.2) is 9.67 Å². The zero-order valence-corrected chi connectivity index (χ0v) is 19.1. The summed E-state index contributed by atoms with van der Waals surface area (Å²) in [6, 6.07) is 8.62. The van der Waals surface area contributed by atoms with Gasteiger partial charge in [0.2, 0.25) is 5.91 Å². The summed E-state index contributed by atoms with van der Waals surface area (Å²) >= 11 is 3.00. The van der Waals surface area contributed by atoms with Gasteiger partial charge in [-0.1, -0.05) is 0 Å². The van der Waals surface area contributed by atoms with E-state index >= 15 is 0 Å². The average molecular weight is 481 g/mol. The van der Waals surface area contributed by atoms with Gasteiger partial charge in [0, 0.05) is 16.8 Å². The lowest BCUT2D eigenvalue weighted by Gasteiger charge is -2.07. The first-order valence-electron chi connectivity index (χ1n) is 10.3. The van der Waals surface area contributed by atoms with Crippen molar-refractivity contribution in [3.05, 3.63) is 68.8 Å². The van der Waals surface area contributed by atoms with E-state index in [0.29, 0.717) is 17.3 Å². The highest BCUT2D eigenvalue weighted by Crippen LogP contribution is 2.34. The van der Waals surface area contributed by atoms with E-state index in [4.69, 9.17) is 5.73 Å². The molecule has 4 N–H and O–H groups in total. The molecule has 0 fully saturated rings. The molecule has 3 heterocycles. The van der Waals surface area contributed by atoms with Crippen molar-refractivity contribution in [1.82, 2.24) is 19.7 Å². The summed E-state index contributed by atoms with van der Waals surface area (Å²) < 4.78 is 1.54. The molecule has 0 atom stereocenters. The quantitative estimate of drug-likeness (QED) is 0.372. The van der Waals surface area contributed by atoms with Crippen LogP contribution in [-0.2, 0) is 23.4 Å². The van der Waals surface area contributed by atoms with Gasteiger partial charge in [0.05, 0.1) is 22.6 Å². The highest BCUT2D eigenvalue weighted by atomic mass is 32.2. The normalized spacial score (nSPS) is 12.7. The van der Waals surface area contributed by atoms with E-state index < -0.39 is 5.91 Å². The Labute approximate surface area is 196 Å². The van der Waals surface area contributed by atoms with Crippen molar-refractivity contribution in [1.29, 1.82) is 0 Å². The van der Waals surface area contributed by atoms with E-state index in [1.165, 1.54) is 21.3 Å². The van der Waals surface area contributed by atoms with E-state index in [9.17, 15) is 14.4 Å². The number of fused-ring (bicyclic) bond motifs is 3. The number of rotatable bonds is 7. The first-order valence-corrected chi connectivity index (χ1v) is 12.3. The maximum absolute atomic E-state index is 12.5. The molecule has 11 heteroatoms. The molecule has 0 saturated carbocycles. The fourth-order valence-corrected chi connectivity index (χ4v) is 5.82. The number of primary amides is 1. The van der Waals surface area contributed by atoms with Gasteiger partial charge in [-0.3, -0.25) is 14.4 Å². The molecule has 4 aromatic rings. The number of hydrogen-bond acceptors (Lipinski definition) is 7. The molecule has 9 nitrogen and oxygen atoms in total. The molecule has 1 aliphatic rings. The van der Waals surface area contributed by atoms with Crippen LogP contribution in [0.5, 0.6) is 0 Å². The number of nitrogens with one attached hydrogen (secondary N) is 2.